The zero-order valence-electron chi connectivity index (χ0n) is 13.4. The first-order valence-electron chi connectivity index (χ1n) is 7.12. The van der Waals surface area contributed by atoms with Crippen LogP contribution in [0, 0.1) is 0 Å². The monoisotopic (exact) mass is 342 g/mol. The number of ether oxygens (including phenoxy) is 1. The highest BCUT2D eigenvalue weighted by atomic mass is 35.5. The van der Waals surface area contributed by atoms with Gasteiger partial charge in [-0.1, -0.05) is 29.3 Å². The summed E-state index contributed by atoms with van der Waals surface area (Å²) < 4.78 is 6.69. The first-order valence-corrected chi connectivity index (χ1v) is 7.88. The number of hydrogen-bond donors (Lipinski definition) is 0. The van der Waals surface area contributed by atoms with Crippen LogP contribution in [0.3, 0.4) is 0 Å². The van der Waals surface area contributed by atoms with E-state index in [1.165, 1.54) is 0 Å². The topological polar surface area (TPSA) is 24.8 Å². The normalized spacial score (nSPS) is 17.9. The van der Waals surface area contributed by atoms with Gasteiger partial charge in [0.2, 0.25) is 5.84 Å². The molecule has 1 heterocycles. The van der Waals surface area contributed by atoms with Gasteiger partial charge in [-0.2, -0.15) is 0 Å². The largest absolute Gasteiger partial charge is 0.360 e. The first-order chi connectivity index (χ1) is 10.3. The second kappa shape index (κ2) is 7.11. The lowest BCUT2D eigenvalue weighted by atomic mass is 10.1. The second-order valence-electron chi connectivity index (χ2n) is 6.05. The van der Waals surface area contributed by atoms with Crippen molar-refractivity contribution in [2.75, 3.05) is 41.3 Å². The third-order valence-electron chi connectivity index (χ3n) is 3.54. The van der Waals surface area contributed by atoms with Gasteiger partial charge in [0.1, 0.15) is 6.20 Å². The molecule has 0 fully saturated rings. The van der Waals surface area contributed by atoms with E-state index in [4.69, 9.17) is 27.9 Å². The van der Waals surface area contributed by atoms with Gasteiger partial charge in [-0.3, -0.25) is 4.48 Å². The lowest BCUT2D eigenvalue weighted by Gasteiger charge is -2.28. The molecule has 0 radical (unpaired) electrons. The summed E-state index contributed by atoms with van der Waals surface area (Å²) in [5.41, 5.74) is 0.960. The van der Waals surface area contributed by atoms with E-state index < -0.39 is 0 Å². The minimum atomic E-state index is -0.250. The number of halogens is 2. The van der Waals surface area contributed by atoms with Crippen LogP contribution in [-0.2, 0) is 4.74 Å². The molecule has 0 bridgehead atoms. The number of quaternary nitrogens is 1. The van der Waals surface area contributed by atoms with Crippen molar-refractivity contribution < 1.29 is 9.22 Å². The van der Waals surface area contributed by atoms with E-state index in [1.54, 1.807) is 6.07 Å². The Hall–Kier alpha value is -0.910. The Bertz CT molecular complexity index is 597. The predicted octanol–water partition coefficient (Wildman–Crippen LogP) is 3.57. The molecule has 1 aliphatic heterocycles. The van der Waals surface area contributed by atoms with Crippen molar-refractivity contribution in [1.82, 2.24) is 4.90 Å². The highest BCUT2D eigenvalue weighted by molar-refractivity contribution is 6.42. The maximum absolute atomic E-state index is 6.16. The Labute approximate surface area is 142 Å². The number of aliphatic imine (C=N–C) groups is 1. The maximum atomic E-state index is 6.16. The van der Waals surface area contributed by atoms with Crippen LogP contribution >= 0.6 is 23.2 Å². The summed E-state index contributed by atoms with van der Waals surface area (Å²) in [6.45, 7) is 1.45. The molecule has 0 saturated heterocycles. The fourth-order valence-electron chi connectivity index (χ4n) is 2.22. The van der Waals surface area contributed by atoms with Crippen LogP contribution < -0.4 is 0 Å². The lowest BCUT2D eigenvalue weighted by Crippen LogP contribution is -2.42. The molecule has 4 nitrogen and oxygen atoms in total. The smallest absolute Gasteiger partial charge is 0.241 e. The van der Waals surface area contributed by atoms with Gasteiger partial charge in [0, 0.05) is 6.54 Å². The predicted molar refractivity (Wildman–Crippen MR) is 92.4 cm³/mol. The Kier molecular flexibility index (Phi) is 5.64. The number of benzene rings is 1. The van der Waals surface area contributed by atoms with Gasteiger partial charge in [0.25, 0.3) is 0 Å². The molecule has 1 unspecified atom stereocenters. The molecular formula is C16H22Cl2N3O+. The van der Waals surface area contributed by atoms with E-state index in [2.05, 4.69) is 24.0 Å². The van der Waals surface area contributed by atoms with Gasteiger partial charge in [-0.15, -0.1) is 0 Å². The molecule has 1 aliphatic rings. The van der Waals surface area contributed by atoms with Gasteiger partial charge < -0.3 is 9.64 Å². The van der Waals surface area contributed by atoms with Crippen molar-refractivity contribution in [2.24, 2.45) is 4.99 Å². The van der Waals surface area contributed by atoms with Gasteiger partial charge in [0.15, 0.2) is 6.10 Å². The van der Waals surface area contributed by atoms with Crippen molar-refractivity contribution in [3.8, 4) is 0 Å². The van der Waals surface area contributed by atoms with Crippen LogP contribution in [0.2, 0.25) is 10.0 Å². The summed E-state index contributed by atoms with van der Waals surface area (Å²) in [4.78, 5) is 6.59. The first kappa shape index (κ1) is 17.4. The fourth-order valence-corrected chi connectivity index (χ4v) is 2.53. The Morgan fingerprint density at radius 2 is 1.95 bits per heavy atom. The van der Waals surface area contributed by atoms with E-state index >= 15 is 0 Å². The van der Waals surface area contributed by atoms with Gasteiger partial charge in [-0.25, -0.2) is 4.99 Å². The zero-order chi connectivity index (χ0) is 16.3. The molecule has 6 heteroatoms. The lowest BCUT2D eigenvalue weighted by molar-refractivity contribution is -0.743. The minimum Gasteiger partial charge on any atom is -0.360 e. The van der Waals surface area contributed by atoms with E-state index in [9.17, 15) is 0 Å². The molecule has 0 saturated carbocycles. The highest BCUT2D eigenvalue weighted by Crippen LogP contribution is 2.31. The average molecular weight is 343 g/mol. The molecule has 0 spiro atoms. The van der Waals surface area contributed by atoms with Crippen molar-refractivity contribution in [3.63, 3.8) is 0 Å². The standard InChI is InChI=1S/C16H22Cl2N3O/c1-20(2)8-10-22-15(16-19-7-9-21(16,3)4)12-5-6-13(17)14(18)11-12/h5-7,9,11,15H,8,10H2,1-4H3/q+1. The summed E-state index contributed by atoms with van der Waals surface area (Å²) in [6, 6.07) is 5.59. The summed E-state index contributed by atoms with van der Waals surface area (Å²) in [5.74, 6) is 0.928. The average Bonchev–Trinajstić information content (AvgIpc) is 2.77. The van der Waals surface area contributed by atoms with Crippen LogP contribution in [0.15, 0.2) is 35.6 Å². The van der Waals surface area contributed by atoms with Crippen LogP contribution in [0.4, 0.5) is 0 Å². The van der Waals surface area contributed by atoms with E-state index in [0.29, 0.717) is 21.1 Å². The number of rotatable bonds is 6. The Morgan fingerprint density at radius 3 is 2.50 bits per heavy atom. The molecule has 2 rings (SSSR count). The summed E-state index contributed by atoms with van der Waals surface area (Å²) in [5, 5.41) is 1.06. The third-order valence-corrected chi connectivity index (χ3v) is 4.28. The summed E-state index contributed by atoms with van der Waals surface area (Å²) >= 11 is 12.2. The number of amidine groups is 1. The molecule has 0 aliphatic carbocycles. The second-order valence-corrected chi connectivity index (χ2v) is 6.87. The fraction of sp³-hybridized carbons (Fsp3) is 0.438. The van der Waals surface area contributed by atoms with E-state index in [0.717, 1.165) is 17.9 Å². The minimum absolute atomic E-state index is 0.250. The van der Waals surface area contributed by atoms with Gasteiger partial charge in [-0.05, 0) is 31.8 Å². The van der Waals surface area contributed by atoms with Gasteiger partial charge >= 0.3 is 0 Å². The highest BCUT2D eigenvalue weighted by Gasteiger charge is 2.35. The maximum Gasteiger partial charge on any atom is 0.241 e. The SMILES string of the molecule is CN(C)CCOC(C1=NC=C[N+]1(C)C)c1ccc(Cl)c(Cl)c1. The van der Waals surface area contributed by atoms with E-state index in [-0.39, 0.29) is 6.10 Å². The third kappa shape index (κ3) is 4.09. The quantitative estimate of drug-likeness (QED) is 0.738. The van der Waals surface area contributed by atoms with Crippen LogP contribution in [0.25, 0.3) is 0 Å². The summed E-state index contributed by atoms with van der Waals surface area (Å²) in [7, 11) is 8.18. The molecule has 1 aromatic carbocycles. The molecule has 0 amide bonds. The van der Waals surface area contributed by atoms with Gasteiger partial charge in [0.05, 0.1) is 36.9 Å². The van der Waals surface area contributed by atoms with E-state index in [1.807, 2.05) is 38.6 Å². The molecule has 0 N–H and O–H groups in total. The molecule has 1 aromatic rings. The van der Waals surface area contributed by atoms with Crippen LogP contribution in [0.5, 0.6) is 0 Å². The summed E-state index contributed by atoms with van der Waals surface area (Å²) in [6.07, 6.45) is 3.59. The van der Waals surface area contributed by atoms with Crippen molar-refractivity contribution >= 4 is 29.0 Å². The molecule has 1 atom stereocenters. The Balaban J connectivity index is 2.27. The number of nitrogens with zero attached hydrogens (tertiary/aromatic N) is 3. The van der Waals surface area contributed by atoms with Crippen molar-refractivity contribution in [3.05, 3.63) is 46.2 Å². The number of hydrogen-bond acceptors (Lipinski definition) is 3. The van der Waals surface area contributed by atoms with Crippen LogP contribution in [0.1, 0.15) is 11.7 Å². The Morgan fingerprint density at radius 1 is 1.23 bits per heavy atom. The zero-order valence-corrected chi connectivity index (χ0v) is 14.9. The molecular weight excluding hydrogens is 321 g/mol. The molecule has 0 aromatic heterocycles. The molecule has 120 valence electrons. The number of likely N-dealkylation sites (N-methyl/N-ethyl adjacent to an activating group) is 2. The van der Waals surface area contributed by atoms with Crippen LogP contribution in [-0.4, -0.2) is 56.6 Å². The van der Waals surface area contributed by atoms with Crippen molar-refractivity contribution in [1.29, 1.82) is 0 Å². The van der Waals surface area contributed by atoms with Crippen molar-refractivity contribution in [2.45, 2.75) is 6.10 Å². The molecule has 22 heavy (non-hydrogen) atoms.